The van der Waals surface area contributed by atoms with E-state index in [1.165, 1.54) is 22.0 Å². The van der Waals surface area contributed by atoms with Crippen LogP contribution in [0.25, 0.3) is 27.8 Å². The Labute approximate surface area is 211 Å². The number of hydrogen-bond donors (Lipinski definition) is 0. The predicted octanol–water partition coefficient (Wildman–Crippen LogP) is 5.45. The summed E-state index contributed by atoms with van der Waals surface area (Å²) in [6.07, 6.45) is 9.80. The molecule has 7 rings (SSSR count). The standard InChI is InChI=1S/C26H24ClN7S/c1-15-24(17-3-4-18-23(22(17)27)29-10-9-28-18)34-20(5-8-30-34)25(31-15)33-11-6-26(7-12-33)13-19-21(14-26)35-16(2)32-19/h3-5,8-10H,6-7,11-14H2,1-2H3. The van der Waals surface area contributed by atoms with Crippen LogP contribution in [0.3, 0.4) is 0 Å². The highest BCUT2D eigenvalue weighted by Gasteiger charge is 2.42. The van der Waals surface area contributed by atoms with Crippen LogP contribution in [0.2, 0.25) is 5.02 Å². The highest BCUT2D eigenvalue weighted by molar-refractivity contribution is 7.11. The third-order valence-corrected chi connectivity index (χ3v) is 9.02. The minimum atomic E-state index is 0.365. The van der Waals surface area contributed by atoms with E-state index < -0.39 is 0 Å². The van der Waals surface area contributed by atoms with Gasteiger partial charge in [0.2, 0.25) is 0 Å². The number of fused-ring (bicyclic) bond motifs is 3. The maximum atomic E-state index is 6.83. The van der Waals surface area contributed by atoms with Gasteiger partial charge in [-0.1, -0.05) is 11.6 Å². The van der Waals surface area contributed by atoms with E-state index >= 15 is 0 Å². The maximum Gasteiger partial charge on any atom is 0.155 e. The Morgan fingerprint density at radius 3 is 2.63 bits per heavy atom. The Bertz CT molecular complexity index is 1590. The number of thiazole rings is 1. The van der Waals surface area contributed by atoms with Gasteiger partial charge >= 0.3 is 0 Å². The Hall–Kier alpha value is -3.10. The molecule has 0 saturated carbocycles. The molecule has 35 heavy (non-hydrogen) atoms. The van der Waals surface area contributed by atoms with E-state index in [1.807, 2.05) is 47.2 Å². The van der Waals surface area contributed by atoms with Gasteiger partial charge in [-0.15, -0.1) is 11.3 Å². The molecule has 0 N–H and O–H groups in total. The lowest BCUT2D eigenvalue weighted by Gasteiger charge is -2.40. The van der Waals surface area contributed by atoms with Gasteiger partial charge in [0.05, 0.1) is 38.8 Å². The molecule has 5 heterocycles. The van der Waals surface area contributed by atoms with Crippen LogP contribution < -0.4 is 4.90 Å². The van der Waals surface area contributed by atoms with E-state index in [4.69, 9.17) is 21.6 Å². The number of aryl methyl sites for hydroxylation is 2. The van der Waals surface area contributed by atoms with Crippen molar-refractivity contribution >= 4 is 45.3 Å². The third-order valence-electron chi connectivity index (χ3n) is 7.62. The number of piperidine rings is 1. The second-order valence-corrected chi connectivity index (χ2v) is 11.5. The first-order valence-electron chi connectivity index (χ1n) is 12.0. The second-order valence-electron chi connectivity index (χ2n) is 9.79. The highest BCUT2D eigenvalue weighted by atomic mass is 35.5. The van der Waals surface area contributed by atoms with Crippen LogP contribution in [-0.2, 0) is 12.8 Å². The zero-order valence-corrected chi connectivity index (χ0v) is 21.2. The molecule has 1 aliphatic carbocycles. The molecule has 1 aliphatic heterocycles. The third kappa shape index (κ3) is 3.27. The van der Waals surface area contributed by atoms with Crippen molar-refractivity contribution in [3.63, 3.8) is 0 Å². The van der Waals surface area contributed by atoms with Gasteiger partial charge in [0, 0.05) is 35.9 Å². The quantitative estimate of drug-likeness (QED) is 0.320. The van der Waals surface area contributed by atoms with Crippen molar-refractivity contribution < 1.29 is 0 Å². The number of halogens is 1. The molecule has 1 fully saturated rings. The van der Waals surface area contributed by atoms with Crippen LogP contribution in [0, 0.1) is 19.3 Å². The molecule has 9 heteroatoms. The summed E-state index contributed by atoms with van der Waals surface area (Å²) in [5.41, 5.74) is 6.81. The smallest absolute Gasteiger partial charge is 0.155 e. The molecular formula is C26H24ClN7S. The summed E-state index contributed by atoms with van der Waals surface area (Å²) in [7, 11) is 0. The molecule has 0 unspecified atom stereocenters. The SMILES string of the molecule is Cc1nc2c(s1)CC1(CCN(c3nc(C)c(-c4ccc5nccnc5c4Cl)n4nccc34)CC1)C2. The maximum absolute atomic E-state index is 6.83. The van der Waals surface area contributed by atoms with Gasteiger partial charge in [-0.25, -0.2) is 14.5 Å². The van der Waals surface area contributed by atoms with Crippen molar-refractivity contribution in [2.45, 2.75) is 39.5 Å². The first kappa shape index (κ1) is 21.2. The fraction of sp³-hybridized carbons (Fsp3) is 0.346. The molecule has 5 aromatic rings. The Morgan fingerprint density at radius 2 is 1.80 bits per heavy atom. The number of nitrogens with zero attached hydrogens (tertiary/aromatic N) is 7. The summed E-state index contributed by atoms with van der Waals surface area (Å²) in [5.74, 6) is 0.997. The first-order chi connectivity index (χ1) is 17.0. The Kier molecular flexibility index (Phi) is 4.66. The molecule has 1 aromatic carbocycles. The second kappa shape index (κ2) is 7.70. The lowest BCUT2D eigenvalue weighted by atomic mass is 9.76. The van der Waals surface area contributed by atoms with Crippen molar-refractivity contribution in [1.82, 2.24) is 29.5 Å². The molecular weight excluding hydrogens is 478 g/mol. The minimum Gasteiger partial charge on any atom is -0.355 e. The van der Waals surface area contributed by atoms with E-state index in [-0.39, 0.29) is 0 Å². The summed E-state index contributed by atoms with van der Waals surface area (Å²) in [4.78, 5) is 22.7. The molecule has 0 bridgehead atoms. The minimum absolute atomic E-state index is 0.365. The summed E-state index contributed by atoms with van der Waals surface area (Å²) in [6, 6.07) is 5.99. The molecule has 0 radical (unpaired) electrons. The van der Waals surface area contributed by atoms with E-state index in [0.29, 0.717) is 16.0 Å². The van der Waals surface area contributed by atoms with Crippen LogP contribution in [0.4, 0.5) is 5.82 Å². The van der Waals surface area contributed by atoms with Gasteiger partial charge in [0.1, 0.15) is 11.0 Å². The summed E-state index contributed by atoms with van der Waals surface area (Å²) < 4.78 is 1.98. The Morgan fingerprint density at radius 1 is 0.971 bits per heavy atom. The van der Waals surface area contributed by atoms with Gasteiger partial charge < -0.3 is 4.90 Å². The summed E-state index contributed by atoms with van der Waals surface area (Å²) in [5, 5.41) is 6.45. The van der Waals surface area contributed by atoms with Crippen molar-refractivity contribution in [2.75, 3.05) is 18.0 Å². The van der Waals surface area contributed by atoms with Crippen molar-refractivity contribution in [2.24, 2.45) is 5.41 Å². The van der Waals surface area contributed by atoms with Gasteiger partial charge in [0.25, 0.3) is 0 Å². The molecule has 176 valence electrons. The molecule has 1 saturated heterocycles. The van der Waals surface area contributed by atoms with Gasteiger partial charge in [-0.2, -0.15) is 5.10 Å². The van der Waals surface area contributed by atoms with Gasteiger partial charge in [-0.05, 0) is 63.1 Å². The molecule has 7 nitrogen and oxygen atoms in total. The summed E-state index contributed by atoms with van der Waals surface area (Å²) >= 11 is 8.71. The molecule has 0 amide bonds. The zero-order chi connectivity index (χ0) is 23.7. The van der Waals surface area contributed by atoms with Crippen LogP contribution in [-0.4, -0.2) is 42.6 Å². The number of aromatic nitrogens is 6. The average molecular weight is 502 g/mol. The predicted molar refractivity (Wildman–Crippen MR) is 139 cm³/mol. The first-order valence-corrected chi connectivity index (χ1v) is 13.1. The fourth-order valence-corrected chi connectivity index (χ4v) is 7.32. The topological polar surface area (TPSA) is 72.1 Å². The molecule has 2 aliphatic rings. The van der Waals surface area contributed by atoms with Crippen molar-refractivity contribution in [3.8, 4) is 11.3 Å². The van der Waals surface area contributed by atoms with Crippen LogP contribution in [0.15, 0.2) is 36.8 Å². The molecule has 0 atom stereocenters. The van der Waals surface area contributed by atoms with E-state index in [2.05, 4.69) is 26.9 Å². The monoisotopic (exact) mass is 501 g/mol. The zero-order valence-electron chi connectivity index (χ0n) is 19.6. The molecule has 1 spiro atoms. The van der Waals surface area contributed by atoms with Gasteiger partial charge in [-0.3, -0.25) is 9.97 Å². The average Bonchev–Trinajstić information content (AvgIpc) is 3.54. The van der Waals surface area contributed by atoms with Crippen molar-refractivity contribution in [1.29, 1.82) is 0 Å². The number of benzene rings is 1. The van der Waals surface area contributed by atoms with Gasteiger partial charge in [0.15, 0.2) is 5.82 Å². The van der Waals surface area contributed by atoms with Crippen molar-refractivity contribution in [3.05, 3.63) is 63.1 Å². The lowest BCUT2D eigenvalue weighted by Crippen LogP contribution is -2.41. The van der Waals surface area contributed by atoms with Crippen LogP contribution >= 0.6 is 22.9 Å². The van der Waals surface area contributed by atoms with E-state index in [9.17, 15) is 0 Å². The lowest BCUT2D eigenvalue weighted by molar-refractivity contribution is 0.232. The number of rotatable bonds is 2. The normalized spacial score (nSPS) is 17.1. The Balaban J connectivity index is 1.24. The van der Waals surface area contributed by atoms with E-state index in [0.717, 1.165) is 66.2 Å². The van der Waals surface area contributed by atoms with Crippen LogP contribution in [0.5, 0.6) is 0 Å². The largest absolute Gasteiger partial charge is 0.355 e. The highest BCUT2D eigenvalue weighted by Crippen LogP contribution is 2.47. The van der Waals surface area contributed by atoms with E-state index in [1.54, 1.807) is 12.4 Å². The number of hydrogen-bond acceptors (Lipinski definition) is 7. The fourth-order valence-electron chi connectivity index (χ4n) is 5.89. The number of anilines is 1. The molecule has 4 aromatic heterocycles. The summed E-state index contributed by atoms with van der Waals surface area (Å²) in [6.45, 7) is 6.14. The van der Waals surface area contributed by atoms with Crippen LogP contribution in [0.1, 0.15) is 34.1 Å².